The number of carbonyl (C=O) groups excluding carboxylic acids is 2. The second-order valence-corrected chi connectivity index (χ2v) is 7.72. The molecule has 0 aliphatic carbocycles. The molecule has 1 aliphatic rings. The minimum atomic E-state index is -0.582. The lowest BCUT2D eigenvalue weighted by Crippen LogP contribution is -2.53. The lowest BCUT2D eigenvalue weighted by atomic mass is 9.96. The summed E-state index contributed by atoms with van der Waals surface area (Å²) in [6.45, 7) is 3.49. The lowest BCUT2D eigenvalue weighted by molar-refractivity contribution is -0.134. The SMILES string of the molecule is CCC[C@H](NC(=O)NCc1ccc(F)cc1)C(=O)N1CCC[C@H](c2nncn2C)C1. The van der Waals surface area contributed by atoms with E-state index in [4.69, 9.17) is 0 Å². The predicted octanol–water partition coefficient (Wildman–Crippen LogP) is 2.33. The summed E-state index contributed by atoms with van der Waals surface area (Å²) in [5, 5.41) is 13.7. The molecular formula is C21H29FN6O2. The number of likely N-dealkylation sites (tertiary alicyclic amines) is 1. The summed E-state index contributed by atoms with van der Waals surface area (Å²) >= 11 is 0. The molecule has 2 heterocycles. The van der Waals surface area contributed by atoms with Crippen molar-refractivity contribution in [2.45, 2.75) is 51.1 Å². The first-order valence-corrected chi connectivity index (χ1v) is 10.4. The number of nitrogens with one attached hydrogen (secondary N) is 2. The average Bonchev–Trinajstić information content (AvgIpc) is 3.18. The fourth-order valence-electron chi connectivity index (χ4n) is 3.81. The molecule has 162 valence electrons. The molecule has 0 bridgehead atoms. The van der Waals surface area contributed by atoms with Crippen molar-refractivity contribution in [2.75, 3.05) is 13.1 Å². The third kappa shape index (κ3) is 5.55. The Morgan fingerprint density at radius 2 is 2.07 bits per heavy atom. The standard InChI is InChI=1S/C21H29FN6O2/c1-3-5-18(25-21(30)23-12-15-7-9-17(22)10-8-15)20(29)28-11-4-6-16(13-28)19-26-24-14-27(19)2/h7-10,14,16,18H,3-6,11-13H2,1-2H3,(H2,23,25,30)/t16-,18-/m0/s1. The van der Waals surface area contributed by atoms with E-state index in [0.717, 1.165) is 30.7 Å². The van der Waals surface area contributed by atoms with E-state index in [9.17, 15) is 14.0 Å². The second-order valence-electron chi connectivity index (χ2n) is 7.72. The van der Waals surface area contributed by atoms with E-state index in [1.165, 1.54) is 12.1 Å². The Morgan fingerprint density at radius 3 is 2.73 bits per heavy atom. The Hall–Kier alpha value is -2.97. The molecule has 1 saturated heterocycles. The minimum Gasteiger partial charge on any atom is -0.340 e. The highest BCUT2D eigenvalue weighted by Crippen LogP contribution is 2.25. The van der Waals surface area contributed by atoms with Gasteiger partial charge in [0, 0.05) is 32.6 Å². The van der Waals surface area contributed by atoms with E-state index in [1.807, 2.05) is 23.4 Å². The summed E-state index contributed by atoms with van der Waals surface area (Å²) in [5.74, 6) is 0.632. The van der Waals surface area contributed by atoms with Crippen LogP contribution in [0, 0.1) is 5.82 Å². The number of carbonyl (C=O) groups is 2. The molecule has 2 aromatic rings. The van der Waals surface area contributed by atoms with Gasteiger partial charge in [0.15, 0.2) is 0 Å². The Bertz CT molecular complexity index is 853. The number of hydrogen-bond acceptors (Lipinski definition) is 4. The maximum Gasteiger partial charge on any atom is 0.315 e. The Labute approximate surface area is 175 Å². The van der Waals surface area contributed by atoms with Crippen molar-refractivity contribution in [3.05, 3.63) is 47.8 Å². The predicted molar refractivity (Wildman–Crippen MR) is 110 cm³/mol. The van der Waals surface area contributed by atoms with Gasteiger partial charge in [-0.05, 0) is 37.0 Å². The van der Waals surface area contributed by atoms with Gasteiger partial charge in [-0.25, -0.2) is 9.18 Å². The van der Waals surface area contributed by atoms with E-state index in [0.29, 0.717) is 19.5 Å². The fourth-order valence-corrected chi connectivity index (χ4v) is 3.81. The number of nitrogens with zero attached hydrogens (tertiary/aromatic N) is 4. The Kier molecular flexibility index (Phi) is 7.37. The molecule has 0 saturated carbocycles. The third-order valence-corrected chi connectivity index (χ3v) is 5.39. The van der Waals surface area contributed by atoms with Crippen LogP contribution in [0.25, 0.3) is 0 Å². The lowest BCUT2D eigenvalue weighted by Gasteiger charge is -2.34. The van der Waals surface area contributed by atoms with Crippen LogP contribution >= 0.6 is 0 Å². The molecule has 9 heteroatoms. The molecule has 0 radical (unpaired) electrons. The molecule has 8 nitrogen and oxygen atoms in total. The van der Waals surface area contributed by atoms with Crippen LogP contribution in [0.2, 0.25) is 0 Å². The van der Waals surface area contributed by atoms with Crippen LogP contribution < -0.4 is 10.6 Å². The van der Waals surface area contributed by atoms with Crippen LogP contribution in [-0.4, -0.2) is 50.7 Å². The molecule has 2 atom stereocenters. The first kappa shape index (κ1) is 21.7. The van der Waals surface area contributed by atoms with Crippen molar-refractivity contribution in [1.82, 2.24) is 30.3 Å². The minimum absolute atomic E-state index is 0.0688. The van der Waals surface area contributed by atoms with Crippen LogP contribution in [0.1, 0.15) is 49.9 Å². The summed E-state index contributed by atoms with van der Waals surface area (Å²) in [5.41, 5.74) is 0.785. The summed E-state index contributed by atoms with van der Waals surface area (Å²) in [7, 11) is 1.91. The van der Waals surface area contributed by atoms with Gasteiger partial charge in [0.2, 0.25) is 5.91 Å². The number of piperidine rings is 1. The largest absolute Gasteiger partial charge is 0.340 e. The maximum absolute atomic E-state index is 13.1. The van der Waals surface area contributed by atoms with Crippen molar-refractivity contribution in [1.29, 1.82) is 0 Å². The number of aryl methyl sites for hydroxylation is 1. The van der Waals surface area contributed by atoms with E-state index in [-0.39, 0.29) is 24.2 Å². The van der Waals surface area contributed by atoms with Crippen LogP contribution in [0.15, 0.2) is 30.6 Å². The van der Waals surface area contributed by atoms with Gasteiger partial charge < -0.3 is 20.1 Å². The topological polar surface area (TPSA) is 92.2 Å². The molecule has 0 unspecified atom stereocenters. The smallest absolute Gasteiger partial charge is 0.315 e. The maximum atomic E-state index is 13.1. The van der Waals surface area contributed by atoms with Crippen LogP contribution in [0.3, 0.4) is 0 Å². The van der Waals surface area contributed by atoms with Gasteiger partial charge in [-0.15, -0.1) is 10.2 Å². The number of benzene rings is 1. The molecule has 1 aromatic carbocycles. The second kappa shape index (κ2) is 10.2. The van der Waals surface area contributed by atoms with E-state index in [1.54, 1.807) is 18.5 Å². The van der Waals surface area contributed by atoms with Crippen LogP contribution in [0.4, 0.5) is 9.18 Å². The number of halogens is 1. The monoisotopic (exact) mass is 416 g/mol. The quantitative estimate of drug-likeness (QED) is 0.725. The van der Waals surface area contributed by atoms with Crippen molar-refractivity contribution in [3.8, 4) is 0 Å². The van der Waals surface area contributed by atoms with Gasteiger partial charge in [-0.1, -0.05) is 25.5 Å². The normalized spacial score (nSPS) is 17.4. The summed E-state index contributed by atoms with van der Waals surface area (Å²) < 4.78 is 14.9. The molecule has 0 spiro atoms. The molecule has 30 heavy (non-hydrogen) atoms. The van der Waals surface area contributed by atoms with Crippen LogP contribution in [-0.2, 0) is 18.4 Å². The van der Waals surface area contributed by atoms with Gasteiger partial charge in [-0.3, -0.25) is 4.79 Å². The highest BCUT2D eigenvalue weighted by Gasteiger charge is 2.31. The van der Waals surface area contributed by atoms with Gasteiger partial charge in [0.25, 0.3) is 0 Å². The molecule has 2 N–H and O–H groups in total. The van der Waals surface area contributed by atoms with E-state index < -0.39 is 12.1 Å². The van der Waals surface area contributed by atoms with Crippen molar-refractivity contribution in [2.24, 2.45) is 7.05 Å². The number of urea groups is 1. The first-order valence-electron chi connectivity index (χ1n) is 10.4. The molecule has 3 rings (SSSR count). The van der Waals surface area contributed by atoms with Crippen LogP contribution in [0.5, 0.6) is 0 Å². The average molecular weight is 417 g/mol. The zero-order valence-corrected chi connectivity index (χ0v) is 17.5. The zero-order valence-electron chi connectivity index (χ0n) is 17.5. The molecule has 1 fully saturated rings. The summed E-state index contributed by atoms with van der Waals surface area (Å²) in [6, 6.07) is 4.94. The number of rotatable bonds is 7. The molecule has 1 aromatic heterocycles. The fraction of sp³-hybridized carbons (Fsp3) is 0.524. The van der Waals surface area contributed by atoms with Crippen molar-refractivity contribution >= 4 is 11.9 Å². The highest BCUT2D eigenvalue weighted by atomic mass is 19.1. The third-order valence-electron chi connectivity index (χ3n) is 5.39. The highest BCUT2D eigenvalue weighted by molar-refractivity contribution is 5.87. The Morgan fingerprint density at radius 1 is 1.30 bits per heavy atom. The van der Waals surface area contributed by atoms with E-state index in [2.05, 4.69) is 20.8 Å². The van der Waals surface area contributed by atoms with E-state index >= 15 is 0 Å². The summed E-state index contributed by atoms with van der Waals surface area (Å²) in [4.78, 5) is 27.3. The van der Waals surface area contributed by atoms with Gasteiger partial charge in [0.1, 0.15) is 24.0 Å². The number of aromatic nitrogens is 3. The molecular weight excluding hydrogens is 387 g/mol. The van der Waals surface area contributed by atoms with Crippen molar-refractivity contribution in [3.63, 3.8) is 0 Å². The molecule has 1 aliphatic heterocycles. The summed E-state index contributed by atoms with van der Waals surface area (Å²) in [6.07, 6.45) is 4.85. The number of amides is 3. The van der Waals surface area contributed by atoms with Gasteiger partial charge in [0.05, 0.1) is 0 Å². The van der Waals surface area contributed by atoms with Gasteiger partial charge in [-0.2, -0.15) is 0 Å². The zero-order chi connectivity index (χ0) is 21.5. The van der Waals surface area contributed by atoms with Crippen molar-refractivity contribution < 1.29 is 14.0 Å². The number of hydrogen-bond donors (Lipinski definition) is 2. The molecule has 3 amide bonds. The first-order chi connectivity index (χ1) is 14.5. The van der Waals surface area contributed by atoms with Gasteiger partial charge >= 0.3 is 6.03 Å². The Balaban J connectivity index is 1.57.